The van der Waals surface area contributed by atoms with Crippen LogP contribution in [0.2, 0.25) is 0 Å². The molecule has 90 valence electrons. The van der Waals surface area contributed by atoms with Gasteiger partial charge >= 0.3 is 0 Å². The van der Waals surface area contributed by atoms with Gasteiger partial charge in [0.25, 0.3) is 0 Å². The molecule has 1 aliphatic rings. The molecule has 0 bridgehead atoms. The number of hydrogen-bond donors (Lipinski definition) is 1. The first-order valence-corrected chi connectivity index (χ1v) is 5.79. The molecule has 0 amide bonds. The molecule has 1 fully saturated rings. The Hall–Kier alpha value is -1.73. The Kier molecular flexibility index (Phi) is 3.84. The van der Waals surface area contributed by atoms with Crippen molar-refractivity contribution in [3.8, 4) is 17.6 Å². The third kappa shape index (κ3) is 2.89. The highest BCUT2D eigenvalue weighted by Crippen LogP contribution is 2.29. The van der Waals surface area contributed by atoms with E-state index in [-0.39, 0.29) is 6.10 Å². The van der Waals surface area contributed by atoms with E-state index in [4.69, 9.17) is 14.7 Å². The molecule has 1 saturated heterocycles. The smallest absolute Gasteiger partial charge is 0.162 e. The number of nitrogens with zero attached hydrogens (tertiary/aromatic N) is 1. The molecule has 0 unspecified atom stereocenters. The van der Waals surface area contributed by atoms with E-state index in [0.717, 1.165) is 25.9 Å². The van der Waals surface area contributed by atoms with Gasteiger partial charge in [-0.05, 0) is 31.5 Å². The zero-order valence-corrected chi connectivity index (χ0v) is 9.90. The zero-order chi connectivity index (χ0) is 12.1. The van der Waals surface area contributed by atoms with Crippen molar-refractivity contribution in [1.29, 1.82) is 5.26 Å². The lowest BCUT2D eigenvalue weighted by atomic mass is 10.1. The summed E-state index contributed by atoms with van der Waals surface area (Å²) in [4.78, 5) is 0. The molecule has 0 spiro atoms. The lowest BCUT2D eigenvalue weighted by Crippen LogP contribution is -2.37. The zero-order valence-electron chi connectivity index (χ0n) is 9.90. The highest BCUT2D eigenvalue weighted by atomic mass is 16.5. The van der Waals surface area contributed by atoms with Crippen LogP contribution in [-0.2, 0) is 0 Å². The fourth-order valence-electron chi connectivity index (χ4n) is 1.93. The number of piperidine rings is 1. The van der Waals surface area contributed by atoms with Crippen molar-refractivity contribution in [3.63, 3.8) is 0 Å². The Bertz CT molecular complexity index is 420. The maximum Gasteiger partial charge on any atom is 0.162 e. The van der Waals surface area contributed by atoms with E-state index >= 15 is 0 Å². The Labute approximate surface area is 101 Å². The van der Waals surface area contributed by atoms with E-state index in [9.17, 15) is 0 Å². The Morgan fingerprint density at radius 2 is 2.29 bits per heavy atom. The second-order valence-electron chi connectivity index (χ2n) is 4.06. The minimum absolute atomic E-state index is 0.186. The normalized spacial score (nSPS) is 19.4. The molecule has 0 saturated carbocycles. The maximum atomic E-state index is 8.81. The van der Waals surface area contributed by atoms with E-state index in [1.54, 1.807) is 25.3 Å². The molecule has 2 rings (SSSR count). The van der Waals surface area contributed by atoms with Crippen molar-refractivity contribution in [2.45, 2.75) is 18.9 Å². The summed E-state index contributed by atoms with van der Waals surface area (Å²) in [7, 11) is 1.59. The highest BCUT2D eigenvalue weighted by molar-refractivity contribution is 5.46. The van der Waals surface area contributed by atoms with E-state index < -0.39 is 0 Å². The number of nitriles is 1. The van der Waals surface area contributed by atoms with Gasteiger partial charge in [0.15, 0.2) is 11.5 Å². The summed E-state index contributed by atoms with van der Waals surface area (Å²) in [5.74, 6) is 1.33. The number of rotatable bonds is 3. The average molecular weight is 232 g/mol. The van der Waals surface area contributed by atoms with Gasteiger partial charge in [0.1, 0.15) is 6.10 Å². The lowest BCUT2D eigenvalue weighted by molar-refractivity contribution is 0.161. The van der Waals surface area contributed by atoms with Crippen LogP contribution in [0.3, 0.4) is 0 Å². The van der Waals surface area contributed by atoms with Crippen LogP contribution < -0.4 is 14.8 Å². The van der Waals surface area contributed by atoms with Crippen molar-refractivity contribution in [2.75, 3.05) is 20.2 Å². The molecular weight excluding hydrogens is 216 g/mol. The molecule has 0 radical (unpaired) electrons. The molecule has 1 aromatic rings. The van der Waals surface area contributed by atoms with Crippen LogP contribution in [0.4, 0.5) is 0 Å². The van der Waals surface area contributed by atoms with E-state index in [2.05, 4.69) is 11.4 Å². The van der Waals surface area contributed by atoms with Crippen molar-refractivity contribution in [2.24, 2.45) is 0 Å². The minimum atomic E-state index is 0.186. The summed E-state index contributed by atoms with van der Waals surface area (Å²) in [6.07, 6.45) is 2.37. The minimum Gasteiger partial charge on any atom is -0.493 e. The Morgan fingerprint density at radius 1 is 1.41 bits per heavy atom. The second-order valence-corrected chi connectivity index (χ2v) is 4.06. The van der Waals surface area contributed by atoms with Gasteiger partial charge in [-0.2, -0.15) is 5.26 Å². The van der Waals surface area contributed by atoms with Crippen LogP contribution in [0, 0.1) is 11.3 Å². The van der Waals surface area contributed by atoms with Crippen molar-refractivity contribution in [3.05, 3.63) is 23.8 Å². The molecule has 1 atom stereocenters. The van der Waals surface area contributed by atoms with Gasteiger partial charge in [0, 0.05) is 12.6 Å². The first-order chi connectivity index (χ1) is 8.33. The summed E-state index contributed by atoms with van der Waals surface area (Å²) in [5.41, 5.74) is 0.580. The van der Waals surface area contributed by atoms with E-state index in [1.165, 1.54) is 0 Å². The standard InChI is InChI=1S/C13H16N2O2/c1-16-13-7-10(8-14)4-5-12(13)17-11-3-2-6-15-9-11/h4-5,7,11,15H,2-3,6,9H2,1H3/t11-/m1/s1. The molecule has 4 heteroatoms. The quantitative estimate of drug-likeness (QED) is 0.861. The lowest BCUT2D eigenvalue weighted by Gasteiger charge is -2.24. The number of benzene rings is 1. The number of ether oxygens (including phenoxy) is 2. The van der Waals surface area contributed by atoms with Gasteiger partial charge < -0.3 is 14.8 Å². The molecule has 0 aliphatic carbocycles. The third-order valence-electron chi connectivity index (χ3n) is 2.84. The summed E-state index contributed by atoms with van der Waals surface area (Å²) in [5, 5.41) is 12.1. The first kappa shape index (κ1) is 11.7. The van der Waals surface area contributed by atoms with Gasteiger partial charge in [0.2, 0.25) is 0 Å². The van der Waals surface area contributed by atoms with E-state index in [1.807, 2.05) is 0 Å². The molecule has 1 heterocycles. The van der Waals surface area contributed by atoms with Gasteiger partial charge in [-0.3, -0.25) is 0 Å². The van der Waals surface area contributed by atoms with Crippen LogP contribution in [-0.4, -0.2) is 26.3 Å². The maximum absolute atomic E-state index is 8.81. The third-order valence-corrected chi connectivity index (χ3v) is 2.84. The second kappa shape index (κ2) is 5.55. The molecule has 17 heavy (non-hydrogen) atoms. The van der Waals surface area contributed by atoms with Gasteiger partial charge in [-0.25, -0.2) is 0 Å². The SMILES string of the molecule is COc1cc(C#N)ccc1O[C@@H]1CCCNC1. The van der Waals surface area contributed by atoms with Crippen LogP contribution in [0.25, 0.3) is 0 Å². The molecule has 1 N–H and O–H groups in total. The van der Waals surface area contributed by atoms with Crippen LogP contribution in [0.1, 0.15) is 18.4 Å². The molecule has 1 aliphatic heterocycles. The molecular formula is C13H16N2O2. The van der Waals surface area contributed by atoms with Crippen LogP contribution in [0.5, 0.6) is 11.5 Å². The van der Waals surface area contributed by atoms with Crippen LogP contribution >= 0.6 is 0 Å². The highest BCUT2D eigenvalue weighted by Gasteiger charge is 2.16. The van der Waals surface area contributed by atoms with Crippen molar-refractivity contribution >= 4 is 0 Å². The van der Waals surface area contributed by atoms with Crippen molar-refractivity contribution in [1.82, 2.24) is 5.32 Å². The molecule has 0 aromatic heterocycles. The van der Waals surface area contributed by atoms with Crippen molar-refractivity contribution < 1.29 is 9.47 Å². The number of nitrogens with one attached hydrogen (secondary N) is 1. The summed E-state index contributed by atoms with van der Waals surface area (Å²) < 4.78 is 11.1. The Balaban J connectivity index is 2.11. The number of methoxy groups -OCH3 is 1. The van der Waals surface area contributed by atoms with E-state index in [0.29, 0.717) is 17.1 Å². The number of hydrogen-bond acceptors (Lipinski definition) is 4. The largest absolute Gasteiger partial charge is 0.493 e. The monoisotopic (exact) mass is 232 g/mol. The van der Waals surface area contributed by atoms with Gasteiger partial charge in [-0.1, -0.05) is 0 Å². The molecule has 1 aromatic carbocycles. The predicted molar refractivity (Wildman–Crippen MR) is 64.2 cm³/mol. The van der Waals surface area contributed by atoms with Gasteiger partial charge in [0.05, 0.1) is 18.7 Å². The fourth-order valence-corrected chi connectivity index (χ4v) is 1.93. The Morgan fingerprint density at radius 3 is 2.94 bits per heavy atom. The summed E-state index contributed by atoms with van der Waals surface area (Å²) in [6, 6.07) is 7.33. The molecule has 4 nitrogen and oxygen atoms in total. The summed E-state index contributed by atoms with van der Waals surface area (Å²) >= 11 is 0. The fraction of sp³-hybridized carbons (Fsp3) is 0.462. The first-order valence-electron chi connectivity index (χ1n) is 5.79. The average Bonchev–Trinajstić information content (AvgIpc) is 2.40. The summed E-state index contributed by atoms with van der Waals surface area (Å²) in [6.45, 7) is 1.92. The van der Waals surface area contributed by atoms with Gasteiger partial charge in [-0.15, -0.1) is 0 Å². The predicted octanol–water partition coefficient (Wildman–Crippen LogP) is 1.70. The topological polar surface area (TPSA) is 54.3 Å². The van der Waals surface area contributed by atoms with Crippen LogP contribution in [0.15, 0.2) is 18.2 Å².